The van der Waals surface area contributed by atoms with Crippen LogP contribution in [0.15, 0.2) is 29.3 Å². The lowest BCUT2D eigenvalue weighted by atomic mass is 9.88. The Bertz CT molecular complexity index is 1520. The Morgan fingerprint density at radius 3 is 2.55 bits per heavy atom. The summed E-state index contributed by atoms with van der Waals surface area (Å²) in [5.74, 6) is 0.966. The van der Waals surface area contributed by atoms with Crippen molar-refractivity contribution in [3.05, 3.63) is 57.8 Å². The Morgan fingerprint density at radius 1 is 1.17 bits per heavy atom. The first-order valence-corrected chi connectivity index (χ1v) is 14.1. The molecule has 0 bridgehead atoms. The number of benzene rings is 2. The predicted molar refractivity (Wildman–Crippen MR) is 157 cm³/mol. The number of ether oxygens (including phenoxy) is 2. The van der Waals surface area contributed by atoms with Gasteiger partial charge in [0.2, 0.25) is 0 Å². The van der Waals surface area contributed by atoms with Crippen molar-refractivity contribution < 1.29 is 24.2 Å². The molecule has 1 fully saturated rings. The van der Waals surface area contributed by atoms with Gasteiger partial charge in [-0.15, -0.1) is 0 Å². The van der Waals surface area contributed by atoms with Crippen molar-refractivity contribution in [2.24, 2.45) is 12.0 Å². The van der Waals surface area contributed by atoms with Crippen LogP contribution >= 0.6 is 0 Å². The summed E-state index contributed by atoms with van der Waals surface area (Å²) >= 11 is 0. The van der Waals surface area contributed by atoms with E-state index in [4.69, 9.17) is 14.5 Å². The summed E-state index contributed by atoms with van der Waals surface area (Å²) in [6, 6.07) is 7.77. The van der Waals surface area contributed by atoms with Crippen LogP contribution in [0.25, 0.3) is 0 Å². The SMILES string of the molecule is CCOc1cc2c(cc1OC)C1CC(=Nc3c(C)cc(C)cc3C)N(CCNC(=O)c3c(O)nnn3C)C(=O)N1CC2. The van der Waals surface area contributed by atoms with Gasteiger partial charge in [-0.05, 0) is 68.5 Å². The highest BCUT2D eigenvalue weighted by Crippen LogP contribution is 2.42. The van der Waals surface area contributed by atoms with Crippen LogP contribution in [0.4, 0.5) is 10.5 Å². The lowest BCUT2D eigenvalue weighted by Crippen LogP contribution is -2.56. The van der Waals surface area contributed by atoms with Crippen LogP contribution in [0.3, 0.4) is 0 Å². The van der Waals surface area contributed by atoms with Gasteiger partial charge in [0.15, 0.2) is 17.2 Å². The van der Waals surface area contributed by atoms with Crippen molar-refractivity contribution >= 4 is 23.5 Å². The summed E-state index contributed by atoms with van der Waals surface area (Å²) in [5, 5.41) is 19.9. The Labute approximate surface area is 244 Å². The smallest absolute Gasteiger partial charge is 0.326 e. The van der Waals surface area contributed by atoms with Gasteiger partial charge in [-0.25, -0.2) is 14.5 Å². The molecule has 2 aliphatic heterocycles. The van der Waals surface area contributed by atoms with Gasteiger partial charge in [0.1, 0.15) is 5.84 Å². The monoisotopic (exact) mass is 575 g/mol. The van der Waals surface area contributed by atoms with Crippen molar-refractivity contribution in [2.75, 3.05) is 33.4 Å². The van der Waals surface area contributed by atoms with E-state index in [2.05, 4.69) is 27.8 Å². The highest BCUT2D eigenvalue weighted by Gasteiger charge is 2.41. The molecule has 2 aliphatic rings. The van der Waals surface area contributed by atoms with Gasteiger partial charge in [0, 0.05) is 33.1 Å². The number of carbonyl (C=O) groups is 2. The van der Waals surface area contributed by atoms with Crippen LogP contribution in [0.5, 0.6) is 17.4 Å². The van der Waals surface area contributed by atoms with E-state index in [-0.39, 0.29) is 30.9 Å². The minimum atomic E-state index is -0.532. The number of aliphatic imine (C=N–C) groups is 1. The van der Waals surface area contributed by atoms with E-state index in [1.807, 2.05) is 44.7 Å². The van der Waals surface area contributed by atoms with Crippen molar-refractivity contribution in [3.8, 4) is 17.4 Å². The molecule has 5 rings (SSSR count). The summed E-state index contributed by atoms with van der Waals surface area (Å²) in [6.07, 6.45) is 1.17. The standard InChI is InChI=1S/C30H37N7O5/c1-7-42-24-14-20-8-10-36-22(21(20)15-23(24)41-6)16-25(32-26-18(3)12-17(2)13-19(26)4)37(30(36)40)11-9-31-28(38)27-29(39)33-34-35(27)5/h12-15,22,39H,7-11,16H2,1-6H3,(H,31,38). The number of amides is 3. The minimum absolute atomic E-state index is 0.0483. The largest absolute Gasteiger partial charge is 0.493 e. The number of aromatic nitrogens is 3. The average molecular weight is 576 g/mol. The summed E-state index contributed by atoms with van der Waals surface area (Å²) in [5.41, 5.74) is 6.12. The molecule has 2 aromatic carbocycles. The van der Waals surface area contributed by atoms with E-state index in [1.54, 1.807) is 12.0 Å². The van der Waals surface area contributed by atoms with Gasteiger partial charge in [0.05, 0.1) is 25.4 Å². The van der Waals surface area contributed by atoms with Gasteiger partial charge in [0.25, 0.3) is 11.8 Å². The van der Waals surface area contributed by atoms with Gasteiger partial charge in [-0.2, -0.15) is 0 Å². The Hall–Kier alpha value is -4.61. The quantitative estimate of drug-likeness (QED) is 0.418. The first kappa shape index (κ1) is 28.9. The van der Waals surface area contributed by atoms with Gasteiger partial charge < -0.3 is 24.8 Å². The molecule has 1 unspecified atom stereocenters. The Balaban J connectivity index is 1.49. The normalized spacial score (nSPS) is 17.2. The predicted octanol–water partition coefficient (Wildman–Crippen LogP) is 3.74. The number of methoxy groups -OCH3 is 1. The number of carbonyl (C=O) groups excluding carboxylic acids is 2. The molecule has 3 heterocycles. The van der Waals surface area contributed by atoms with Crippen molar-refractivity contribution in [1.82, 2.24) is 30.1 Å². The number of nitrogens with one attached hydrogen (secondary N) is 1. The molecule has 42 heavy (non-hydrogen) atoms. The van der Waals surface area contributed by atoms with E-state index in [0.29, 0.717) is 43.3 Å². The fraction of sp³-hybridized carbons (Fsp3) is 0.433. The summed E-state index contributed by atoms with van der Waals surface area (Å²) < 4.78 is 12.7. The molecule has 3 aromatic rings. The fourth-order valence-electron chi connectivity index (χ4n) is 5.90. The van der Waals surface area contributed by atoms with E-state index < -0.39 is 11.8 Å². The van der Waals surface area contributed by atoms with Gasteiger partial charge in [-0.3, -0.25) is 9.69 Å². The lowest BCUT2D eigenvalue weighted by molar-refractivity contribution is 0.0934. The number of nitrogens with zero attached hydrogens (tertiary/aromatic N) is 6. The van der Waals surface area contributed by atoms with Crippen molar-refractivity contribution in [2.45, 2.75) is 46.6 Å². The number of hydrogen-bond acceptors (Lipinski definition) is 8. The number of hydrogen-bond donors (Lipinski definition) is 2. The molecule has 12 heteroatoms. The van der Waals surface area contributed by atoms with Crippen LogP contribution in [-0.4, -0.2) is 81.0 Å². The van der Waals surface area contributed by atoms with Crippen LogP contribution in [-0.2, 0) is 13.5 Å². The highest BCUT2D eigenvalue weighted by atomic mass is 16.5. The third-order valence-corrected chi connectivity index (χ3v) is 7.77. The molecule has 1 saturated heterocycles. The van der Waals surface area contributed by atoms with Gasteiger partial charge >= 0.3 is 6.03 Å². The molecule has 0 spiro atoms. The van der Waals surface area contributed by atoms with Crippen molar-refractivity contribution in [3.63, 3.8) is 0 Å². The molecule has 3 amide bonds. The third-order valence-electron chi connectivity index (χ3n) is 7.77. The molecule has 2 N–H and O–H groups in total. The second kappa shape index (κ2) is 11.7. The Morgan fingerprint density at radius 2 is 1.90 bits per heavy atom. The lowest BCUT2D eigenvalue weighted by Gasteiger charge is -2.45. The number of aryl methyl sites for hydroxylation is 4. The first-order valence-electron chi connectivity index (χ1n) is 14.1. The number of amidine groups is 1. The average Bonchev–Trinajstić information content (AvgIpc) is 3.29. The molecular weight excluding hydrogens is 538 g/mol. The number of fused-ring (bicyclic) bond motifs is 3. The van der Waals surface area contributed by atoms with E-state index in [9.17, 15) is 14.7 Å². The number of aromatic hydroxyl groups is 1. The maximum absolute atomic E-state index is 14.1. The molecule has 222 valence electrons. The van der Waals surface area contributed by atoms with Crippen LogP contribution in [0.2, 0.25) is 0 Å². The van der Waals surface area contributed by atoms with Crippen LogP contribution in [0, 0.1) is 20.8 Å². The topological polar surface area (TPSA) is 134 Å². The van der Waals surface area contributed by atoms with E-state index in [0.717, 1.165) is 33.5 Å². The van der Waals surface area contributed by atoms with E-state index >= 15 is 0 Å². The number of urea groups is 1. The third kappa shape index (κ3) is 5.36. The molecule has 0 radical (unpaired) electrons. The minimum Gasteiger partial charge on any atom is -0.493 e. The first-order chi connectivity index (χ1) is 20.1. The molecule has 0 aliphatic carbocycles. The Kier molecular flexibility index (Phi) is 8.06. The maximum atomic E-state index is 14.1. The van der Waals surface area contributed by atoms with Crippen LogP contribution < -0.4 is 14.8 Å². The number of rotatable bonds is 8. The zero-order chi connectivity index (χ0) is 30.1. The molecule has 1 aromatic heterocycles. The van der Waals surface area contributed by atoms with E-state index in [1.165, 1.54) is 11.7 Å². The fourth-order valence-corrected chi connectivity index (χ4v) is 5.90. The molecular formula is C30H37N7O5. The highest BCUT2D eigenvalue weighted by molar-refractivity contribution is 6.02. The summed E-state index contributed by atoms with van der Waals surface area (Å²) in [6.45, 7) is 9.43. The second-order valence-electron chi connectivity index (χ2n) is 10.6. The van der Waals surface area contributed by atoms with Crippen LogP contribution in [0.1, 0.15) is 57.7 Å². The molecule has 1 atom stereocenters. The summed E-state index contributed by atoms with van der Waals surface area (Å²) in [7, 11) is 3.14. The zero-order valence-corrected chi connectivity index (χ0v) is 24.9. The zero-order valence-electron chi connectivity index (χ0n) is 24.9. The molecule has 12 nitrogen and oxygen atoms in total. The molecule has 0 saturated carbocycles. The second-order valence-corrected chi connectivity index (χ2v) is 10.6. The van der Waals surface area contributed by atoms with Crippen molar-refractivity contribution in [1.29, 1.82) is 0 Å². The summed E-state index contributed by atoms with van der Waals surface area (Å²) in [4.78, 5) is 35.4. The van der Waals surface area contributed by atoms with Gasteiger partial charge in [-0.1, -0.05) is 28.0 Å². The maximum Gasteiger partial charge on any atom is 0.326 e.